The van der Waals surface area contributed by atoms with Gasteiger partial charge >= 0.3 is 0 Å². The lowest BCUT2D eigenvalue weighted by Gasteiger charge is -2.16. The molecule has 0 spiro atoms. The van der Waals surface area contributed by atoms with E-state index < -0.39 is 0 Å². The summed E-state index contributed by atoms with van der Waals surface area (Å²) in [6, 6.07) is 14.6. The Labute approximate surface area is 163 Å². The number of para-hydroxylation sites is 2. The molecule has 1 aromatic heterocycles. The SMILES string of the molecule is CCCCNCc1nc2ccccc2nc1CN1C(=O)c2ccccc2C1=O. The van der Waals surface area contributed by atoms with E-state index in [2.05, 4.69) is 12.2 Å². The largest absolute Gasteiger partial charge is 0.311 e. The molecule has 2 heterocycles. The van der Waals surface area contributed by atoms with Gasteiger partial charge in [-0.3, -0.25) is 14.5 Å². The number of nitrogens with zero attached hydrogens (tertiary/aromatic N) is 3. The van der Waals surface area contributed by atoms with Crippen molar-refractivity contribution >= 4 is 22.8 Å². The Hall–Kier alpha value is -3.12. The van der Waals surface area contributed by atoms with Crippen molar-refractivity contribution in [3.8, 4) is 0 Å². The third-order valence-electron chi connectivity index (χ3n) is 4.91. The number of carbonyl (C=O) groups is 2. The van der Waals surface area contributed by atoms with Crippen LogP contribution in [0, 0.1) is 0 Å². The monoisotopic (exact) mass is 374 g/mol. The zero-order valence-electron chi connectivity index (χ0n) is 15.8. The van der Waals surface area contributed by atoms with Crippen molar-refractivity contribution < 1.29 is 9.59 Å². The number of hydrogen-bond donors (Lipinski definition) is 1. The van der Waals surface area contributed by atoms with Gasteiger partial charge in [-0.05, 0) is 37.2 Å². The molecule has 0 atom stereocenters. The number of unbranched alkanes of at least 4 members (excludes halogenated alkanes) is 1. The summed E-state index contributed by atoms with van der Waals surface area (Å²) in [5.41, 5.74) is 3.88. The van der Waals surface area contributed by atoms with Crippen LogP contribution in [-0.4, -0.2) is 33.2 Å². The lowest BCUT2D eigenvalue weighted by Crippen LogP contribution is -2.31. The maximum absolute atomic E-state index is 12.7. The fraction of sp³-hybridized carbons (Fsp3) is 0.273. The summed E-state index contributed by atoms with van der Waals surface area (Å²) in [5, 5.41) is 3.38. The number of imide groups is 1. The molecular weight excluding hydrogens is 352 g/mol. The number of hydrogen-bond acceptors (Lipinski definition) is 5. The normalized spacial score (nSPS) is 13.4. The summed E-state index contributed by atoms with van der Waals surface area (Å²) < 4.78 is 0. The van der Waals surface area contributed by atoms with Gasteiger partial charge in [-0.25, -0.2) is 9.97 Å². The smallest absolute Gasteiger partial charge is 0.261 e. The van der Waals surface area contributed by atoms with Gasteiger partial charge in [0.2, 0.25) is 0 Å². The Balaban J connectivity index is 1.65. The molecular formula is C22H22N4O2. The predicted molar refractivity (Wildman–Crippen MR) is 107 cm³/mol. The molecule has 0 aliphatic carbocycles. The molecule has 2 aromatic carbocycles. The Morgan fingerprint density at radius 1 is 0.857 bits per heavy atom. The minimum atomic E-state index is -0.277. The maximum Gasteiger partial charge on any atom is 0.261 e. The van der Waals surface area contributed by atoms with Crippen molar-refractivity contribution in [1.82, 2.24) is 20.2 Å². The molecule has 142 valence electrons. The first-order valence-corrected chi connectivity index (χ1v) is 9.59. The van der Waals surface area contributed by atoms with E-state index in [9.17, 15) is 9.59 Å². The highest BCUT2D eigenvalue weighted by atomic mass is 16.2. The quantitative estimate of drug-likeness (QED) is 0.507. The zero-order chi connectivity index (χ0) is 19.5. The van der Waals surface area contributed by atoms with Crippen LogP contribution in [0.1, 0.15) is 51.9 Å². The third-order valence-corrected chi connectivity index (χ3v) is 4.91. The lowest BCUT2D eigenvalue weighted by atomic mass is 10.1. The number of benzene rings is 2. The minimum Gasteiger partial charge on any atom is -0.311 e. The Morgan fingerprint density at radius 2 is 1.43 bits per heavy atom. The van der Waals surface area contributed by atoms with E-state index in [0.717, 1.165) is 36.1 Å². The molecule has 1 N–H and O–H groups in total. The summed E-state index contributed by atoms with van der Waals surface area (Å²) in [6.45, 7) is 3.70. The van der Waals surface area contributed by atoms with E-state index in [0.29, 0.717) is 23.4 Å². The molecule has 28 heavy (non-hydrogen) atoms. The van der Waals surface area contributed by atoms with E-state index in [-0.39, 0.29) is 18.4 Å². The molecule has 0 bridgehead atoms. The van der Waals surface area contributed by atoms with E-state index in [1.807, 2.05) is 24.3 Å². The Bertz CT molecular complexity index is 1010. The van der Waals surface area contributed by atoms with Crippen LogP contribution in [0.2, 0.25) is 0 Å². The molecule has 0 radical (unpaired) electrons. The van der Waals surface area contributed by atoms with E-state index in [1.54, 1.807) is 24.3 Å². The molecule has 0 saturated heterocycles. The van der Waals surface area contributed by atoms with Crippen LogP contribution in [0.3, 0.4) is 0 Å². The highest BCUT2D eigenvalue weighted by molar-refractivity contribution is 6.21. The van der Waals surface area contributed by atoms with Gasteiger partial charge in [0.05, 0.1) is 40.1 Å². The fourth-order valence-corrected chi connectivity index (χ4v) is 3.38. The molecule has 0 saturated carbocycles. The minimum absolute atomic E-state index is 0.120. The molecule has 1 aliphatic heterocycles. The molecule has 0 unspecified atom stereocenters. The van der Waals surface area contributed by atoms with Crippen molar-refractivity contribution in [2.45, 2.75) is 32.9 Å². The predicted octanol–water partition coefficient (Wildman–Crippen LogP) is 3.32. The number of rotatable bonds is 7. The van der Waals surface area contributed by atoms with Gasteiger partial charge in [-0.15, -0.1) is 0 Å². The number of amides is 2. The van der Waals surface area contributed by atoms with Crippen LogP contribution in [0.5, 0.6) is 0 Å². The highest BCUT2D eigenvalue weighted by Gasteiger charge is 2.35. The number of aromatic nitrogens is 2. The van der Waals surface area contributed by atoms with Gasteiger partial charge in [0.1, 0.15) is 0 Å². The van der Waals surface area contributed by atoms with Crippen LogP contribution in [-0.2, 0) is 13.1 Å². The van der Waals surface area contributed by atoms with Gasteiger partial charge < -0.3 is 5.32 Å². The van der Waals surface area contributed by atoms with Gasteiger partial charge in [0.25, 0.3) is 11.8 Å². The van der Waals surface area contributed by atoms with Crippen molar-refractivity contribution in [3.63, 3.8) is 0 Å². The summed E-state index contributed by atoms with van der Waals surface area (Å²) in [5.74, 6) is -0.555. The number of fused-ring (bicyclic) bond motifs is 2. The summed E-state index contributed by atoms with van der Waals surface area (Å²) in [4.78, 5) is 36.2. The summed E-state index contributed by atoms with van der Waals surface area (Å²) >= 11 is 0. The maximum atomic E-state index is 12.7. The van der Waals surface area contributed by atoms with Crippen LogP contribution < -0.4 is 5.32 Å². The van der Waals surface area contributed by atoms with Crippen molar-refractivity contribution in [3.05, 3.63) is 71.0 Å². The van der Waals surface area contributed by atoms with Crippen LogP contribution in [0.4, 0.5) is 0 Å². The van der Waals surface area contributed by atoms with Gasteiger partial charge in [0.15, 0.2) is 0 Å². The van der Waals surface area contributed by atoms with Crippen LogP contribution >= 0.6 is 0 Å². The summed E-state index contributed by atoms with van der Waals surface area (Å²) in [7, 11) is 0. The molecule has 0 fully saturated rings. The first kappa shape index (κ1) is 18.3. The first-order valence-electron chi connectivity index (χ1n) is 9.59. The fourth-order valence-electron chi connectivity index (χ4n) is 3.38. The third kappa shape index (κ3) is 3.39. The first-order chi connectivity index (χ1) is 13.7. The van der Waals surface area contributed by atoms with E-state index in [4.69, 9.17) is 9.97 Å². The van der Waals surface area contributed by atoms with Gasteiger partial charge in [0, 0.05) is 6.54 Å². The number of nitrogens with one attached hydrogen (secondary N) is 1. The lowest BCUT2D eigenvalue weighted by molar-refractivity contribution is 0.0640. The second-order valence-corrected chi connectivity index (χ2v) is 6.88. The molecule has 3 aromatic rings. The number of carbonyl (C=O) groups excluding carboxylic acids is 2. The van der Waals surface area contributed by atoms with Crippen molar-refractivity contribution in [2.75, 3.05) is 6.54 Å². The second kappa shape index (κ2) is 7.86. The van der Waals surface area contributed by atoms with E-state index in [1.165, 1.54) is 4.90 Å². The van der Waals surface area contributed by atoms with Crippen molar-refractivity contribution in [2.24, 2.45) is 0 Å². The molecule has 4 rings (SSSR count). The average Bonchev–Trinajstić information content (AvgIpc) is 2.96. The van der Waals surface area contributed by atoms with E-state index >= 15 is 0 Å². The zero-order valence-corrected chi connectivity index (χ0v) is 15.8. The topological polar surface area (TPSA) is 75.2 Å². The molecule has 6 nitrogen and oxygen atoms in total. The highest BCUT2D eigenvalue weighted by Crippen LogP contribution is 2.25. The van der Waals surface area contributed by atoms with Crippen molar-refractivity contribution in [1.29, 1.82) is 0 Å². The van der Waals surface area contributed by atoms with Crippen LogP contribution in [0.15, 0.2) is 48.5 Å². The standard InChI is InChI=1S/C22H22N4O2/c1-2-3-12-23-13-19-20(25-18-11-7-6-10-17(18)24-19)14-26-21(27)15-8-4-5-9-16(15)22(26)28/h4-11,23H,2-3,12-14H2,1H3. The average molecular weight is 374 g/mol. The van der Waals surface area contributed by atoms with Gasteiger partial charge in [-0.2, -0.15) is 0 Å². The molecule has 1 aliphatic rings. The molecule has 2 amide bonds. The van der Waals surface area contributed by atoms with Gasteiger partial charge in [-0.1, -0.05) is 37.6 Å². The Morgan fingerprint density at radius 3 is 2.04 bits per heavy atom. The Kier molecular flexibility index (Phi) is 5.12. The molecule has 6 heteroatoms. The van der Waals surface area contributed by atoms with Crippen LogP contribution in [0.25, 0.3) is 11.0 Å². The summed E-state index contributed by atoms with van der Waals surface area (Å²) in [6.07, 6.45) is 2.19. The second-order valence-electron chi connectivity index (χ2n) is 6.88.